The van der Waals surface area contributed by atoms with Gasteiger partial charge in [0.1, 0.15) is 0 Å². The van der Waals surface area contributed by atoms with Gasteiger partial charge in [0.2, 0.25) is 5.91 Å². The Labute approximate surface area is 94.8 Å². The van der Waals surface area contributed by atoms with Crippen LogP contribution in [0.15, 0.2) is 18.5 Å². The second kappa shape index (κ2) is 6.07. The fraction of sp³-hybridized carbons (Fsp3) is 0.455. The van der Waals surface area contributed by atoms with E-state index in [9.17, 15) is 4.79 Å². The topological polar surface area (TPSA) is 67.2 Å². The van der Waals surface area contributed by atoms with E-state index in [1.165, 1.54) is 6.08 Å². The van der Waals surface area contributed by atoms with Crippen LogP contribution in [0.2, 0.25) is 0 Å². The molecule has 1 atom stereocenters. The van der Waals surface area contributed by atoms with Crippen molar-refractivity contribution in [3.8, 4) is 0 Å². The van der Waals surface area contributed by atoms with Crippen molar-refractivity contribution in [1.29, 1.82) is 0 Å². The van der Waals surface area contributed by atoms with Crippen molar-refractivity contribution in [2.45, 2.75) is 19.4 Å². The quantitative estimate of drug-likeness (QED) is 0.706. The fourth-order valence-electron chi connectivity index (χ4n) is 1.22. The summed E-state index contributed by atoms with van der Waals surface area (Å²) in [5.41, 5.74) is 0.870. The highest BCUT2D eigenvalue weighted by Crippen LogP contribution is 1.99. The minimum atomic E-state index is -0.204. The van der Waals surface area contributed by atoms with Gasteiger partial charge in [0.25, 0.3) is 0 Å². The van der Waals surface area contributed by atoms with E-state index >= 15 is 0 Å². The maximum Gasteiger partial charge on any atom is 0.244 e. The lowest BCUT2D eigenvalue weighted by atomic mass is 10.2. The normalized spacial score (nSPS) is 12.9. The van der Waals surface area contributed by atoms with Crippen LogP contribution in [0.5, 0.6) is 0 Å². The van der Waals surface area contributed by atoms with Crippen LogP contribution in [0.3, 0.4) is 0 Å². The molecule has 0 aliphatic heterocycles. The molecular weight excluding hydrogens is 206 g/mol. The molecule has 0 saturated carbocycles. The summed E-state index contributed by atoms with van der Waals surface area (Å²) in [5.74, 6) is -0.204. The van der Waals surface area contributed by atoms with Gasteiger partial charge in [-0.2, -0.15) is 5.10 Å². The molecule has 0 fully saturated rings. The number of aromatic nitrogens is 2. The van der Waals surface area contributed by atoms with E-state index in [1.807, 2.05) is 20.2 Å². The maximum absolute atomic E-state index is 11.4. The third kappa shape index (κ3) is 3.86. The van der Waals surface area contributed by atoms with Gasteiger partial charge >= 0.3 is 0 Å². The van der Waals surface area contributed by atoms with Crippen molar-refractivity contribution in [3.63, 3.8) is 0 Å². The Bertz CT molecular complexity index is 367. The lowest BCUT2D eigenvalue weighted by Crippen LogP contribution is -2.35. The molecule has 5 nitrogen and oxygen atoms in total. The highest BCUT2D eigenvalue weighted by Gasteiger charge is 2.05. The predicted molar refractivity (Wildman–Crippen MR) is 61.5 cm³/mol. The SMILES string of the molecule is CCC(CO)NC(=O)/C=C/c1cnn(C)c1. The molecule has 0 saturated heterocycles. The van der Waals surface area contributed by atoms with Crippen molar-refractivity contribution in [3.05, 3.63) is 24.0 Å². The number of hydrogen-bond acceptors (Lipinski definition) is 3. The van der Waals surface area contributed by atoms with E-state index in [0.717, 1.165) is 5.56 Å². The summed E-state index contributed by atoms with van der Waals surface area (Å²) in [6, 6.07) is -0.175. The van der Waals surface area contributed by atoms with Gasteiger partial charge in [0, 0.05) is 24.9 Å². The van der Waals surface area contributed by atoms with E-state index in [2.05, 4.69) is 10.4 Å². The first-order chi connectivity index (χ1) is 7.65. The van der Waals surface area contributed by atoms with Crippen molar-refractivity contribution in [2.24, 2.45) is 7.05 Å². The van der Waals surface area contributed by atoms with Gasteiger partial charge in [-0.25, -0.2) is 0 Å². The summed E-state index contributed by atoms with van der Waals surface area (Å²) in [4.78, 5) is 11.4. The van der Waals surface area contributed by atoms with Crippen LogP contribution in [0.4, 0.5) is 0 Å². The molecule has 1 aromatic heterocycles. The number of hydrogen-bond donors (Lipinski definition) is 2. The number of carbonyl (C=O) groups excluding carboxylic acids is 1. The highest BCUT2D eigenvalue weighted by molar-refractivity contribution is 5.91. The third-order valence-corrected chi connectivity index (χ3v) is 2.21. The van der Waals surface area contributed by atoms with Crippen LogP contribution in [-0.4, -0.2) is 33.4 Å². The van der Waals surface area contributed by atoms with E-state index in [1.54, 1.807) is 17.0 Å². The van der Waals surface area contributed by atoms with Gasteiger partial charge in [0.05, 0.1) is 18.8 Å². The predicted octanol–water partition coefficient (Wildman–Crippen LogP) is 0.320. The molecule has 2 N–H and O–H groups in total. The van der Waals surface area contributed by atoms with Crippen LogP contribution in [-0.2, 0) is 11.8 Å². The van der Waals surface area contributed by atoms with Gasteiger partial charge in [-0.3, -0.25) is 9.48 Å². The Hall–Kier alpha value is -1.62. The zero-order valence-corrected chi connectivity index (χ0v) is 9.55. The van der Waals surface area contributed by atoms with Crippen molar-refractivity contribution in [2.75, 3.05) is 6.61 Å². The molecule has 0 spiro atoms. The molecule has 0 aliphatic rings. The number of aryl methyl sites for hydroxylation is 1. The molecule has 0 radical (unpaired) electrons. The number of rotatable bonds is 5. The summed E-state index contributed by atoms with van der Waals surface area (Å²) < 4.78 is 1.67. The first-order valence-electron chi connectivity index (χ1n) is 5.23. The Morgan fingerprint density at radius 3 is 3.00 bits per heavy atom. The molecule has 1 aromatic rings. The Morgan fingerprint density at radius 1 is 1.75 bits per heavy atom. The van der Waals surface area contributed by atoms with Gasteiger partial charge in [0.15, 0.2) is 0 Å². The highest BCUT2D eigenvalue weighted by atomic mass is 16.3. The van der Waals surface area contributed by atoms with Crippen molar-refractivity contribution < 1.29 is 9.90 Å². The standard InChI is InChI=1S/C11H17N3O2/c1-3-10(8-15)13-11(16)5-4-9-6-12-14(2)7-9/h4-7,10,15H,3,8H2,1-2H3,(H,13,16)/b5-4+. The largest absolute Gasteiger partial charge is 0.394 e. The lowest BCUT2D eigenvalue weighted by molar-refractivity contribution is -0.117. The van der Waals surface area contributed by atoms with Gasteiger partial charge < -0.3 is 10.4 Å². The Balaban J connectivity index is 2.48. The van der Waals surface area contributed by atoms with Gasteiger partial charge in [-0.05, 0) is 12.5 Å². The zero-order chi connectivity index (χ0) is 12.0. The van der Waals surface area contributed by atoms with Crippen LogP contribution in [0.25, 0.3) is 6.08 Å². The summed E-state index contributed by atoms with van der Waals surface area (Å²) in [7, 11) is 1.82. The number of carbonyl (C=O) groups is 1. The molecule has 1 unspecified atom stereocenters. The van der Waals surface area contributed by atoms with Crippen LogP contribution < -0.4 is 5.32 Å². The number of aliphatic hydroxyl groups excluding tert-OH is 1. The number of nitrogens with one attached hydrogen (secondary N) is 1. The minimum Gasteiger partial charge on any atom is -0.394 e. The first kappa shape index (κ1) is 12.4. The number of amides is 1. The van der Waals surface area contributed by atoms with Crippen LogP contribution in [0, 0.1) is 0 Å². The Kier molecular flexibility index (Phi) is 4.72. The summed E-state index contributed by atoms with van der Waals surface area (Å²) in [6.45, 7) is 1.87. The Morgan fingerprint density at radius 2 is 2.50 bits per heavy atom. The molecule has 1 heterocycles. The average molecular weight is 223 g/mol. The van der Waals surface area contributed by atoms with Gasteiger partial charge in [-0.15, -0.1) is 0 Å². The zero-order valence-electron chi connectivity index (χ0n) is 9.55. The van der Waals surface area contributed by atoms with E-state index < -0.39 is 0 Å². The second-order valence-corrected chi connectivity index (χ2v) is 3.58. The summed E-state index contributed by atoms with van der Waals surface area (Å²) >= 11 is 0. The lowest BCUT2D eigenvalue weighted by Gasteiger charge is -2.11. The van der Waals surface area contributed by atoms with Crippen molar-refractivity contribution >= 4 is 12.0 Å². The molecular formula is C11H17N3O2. The van der Waals surface area contributed by atoms with E-state index in [-0.39, 0.29) is 18.6 Å². The smallest absolute Gasteiger partial charge is 0.244 e. The molecule has 88 valence electrons. The molecule has 1 amide bonds. The second-order valence-electron chi connectivity index (χ2n) is 3.58. The number of aliphatic hydroxyl groups is 1. The maximum atomic E-state index is 11.4. The third-order valence-electron chi connectivity index (χ3n) is 2.21. The average Bonchev–Trinajstić information content (AvgIpc) is 2.69. The fourth-order valence-corrected chi connectivity index (χ4v) is 1.22. The van der Waals surface area contributed by atoms with Crippen LogP contribution >= 0.6 is 0 Å². The molecule has 1 rings (SSSR count). The van der Waals surface area contributed by atoms with Crippen LogP contribution in [0.1, 0.15) is 18.9 Å². The monoisotopic (exact) mass is 223 g/mol. The molecule has 0 bridgehead atoms. The minimum absolute atomic E-state index is 0.0387. The van der Waals surface area contributed by atoms with Crippen molar-refractivity contribution in [1.82, 2.24) is 15.1 Å². The van der Waals surface area contributed by atoms with E-state index in [0.29, 0.717) is 6.42 Å². The molecule has 0 aliphatic carbocycles. The molecule has 16 heavy (non-hydrogen) atoms. The first-order valence-corrected chi connectivity index (χ1v) is 5.23. The summed E-state index contributed by atoms with van der Waals surface area (Å²) in [6.07, 6.45) is 7.32. The van der Waals surface area contributed by atoms with E-state index in [4.69, 9.17) is 5.11 Å². The molecule has 5 heteroatoms. The molecule has 0 aromatic carbocycles. The summed E-state index contributed by atoms with van der Waals surface area (Å²) in [5, 5.41) is 15.6. The number of nitrogens with zero attached hydrogens (tertiary/aromatic N) is 2. The van der Waals surface area contributed by atoms with Gasteiger partial charge in [-0.1, -0.05) is 6.92 Å².